The molecule has 4 rings (SSSR count). The molecule has 0 saturated heterocycles. The smallest absolute Gasteiger partial charge is 0.271 e. The van der Waals surface area contributed by atoms with E-state index >= 15 is 0 Å². The van der Waals surface area contributed by atoms with Gasteiger partial charge in [0.25, 0.3) is 5.91 Å². The molecule has 0 spiro atoms. The summed E-state index contributed by atoms with van der Waals surface area (Å²) in [5, 5.41) is 15.0. The molecule has 3 aromatic carbocycles. The van der Waals surface area contributed by atoms with E-state index in [1.54, 1.807) is 18.3 Å². The summed E-state index contributed by atoms with van der Waals surface area (Å²) in [7, 11) is 0. The van der Waals surface area contributed by atoms with Crippen LogP contribution in [0.5, 0.6) is 5.75 Å². The van der Waals surface area contributed by atoms with Crippen molar-refractivity contribution >= 4 is 45.6 Å². The van der Waals surface area contributed by atoms with Crippen LogP contribution in [-0.4, -0.2) is 21.8 Å². The zero-order valence-corrected chi connectivity index (χ0v) is 18.5. The number of nitrogens with one attached hydrogen (secondary N) is 1. The summed E-state index contributed by atoms with van der Waals surface area (Å²) in [5.74, 6) is -0.298. The first-order chi connectivity index (χ1) is 14.5. The van der Waals surface area contributed by atoms with Crippen LogP contribution in [0.4, 0.5) is 0 Å². The van der Waals surface area contributed by atoms with E-state index in [-0.39, 0.29) is 11.7 Å². The van der Waals surface area contributed by atoms with Crippen LogP contribution in [0.1, 0.15) is 27.0 Å². The first-order valence-electron chi connectivity index (χ1n) is 9.46. The minimum atomic E-state index is -0.374. The molecular formula is C24H20IN3O2. The molecule has 4 aromatic rings. The van der Waals surface area contributed by atoms with Crippen LogP contribution < -0.4 is 5.43 Å². The van der Waals surface area contributed by atoms with Gasteiger partial charge in [-0.3, -0.25) is 4.79 Å². The Kier molecular flexibility index (Phi) is 5.85. The molecule has 0 fully saturated rings. The molecule has 6 heteroatoms. The molecule has 0 unspecified atom stereocenters. The van der Waals surface area contributed by atoms with E-state index in [1.165, 1.54) is 17.2 Å². The van der Waals surface area contributed by atoms with Crippen molar-refractivity contribution in [3.63, 3.8) is 0 Å². The van der Waals surface area contributed by atoms with Gasteiger partial charge in [-0.05, 0) is 59.3 Å². The number of carbonyl (C=O) groups is 1. The van der Waals surface area contributed by atoms with Crippen molar-refractivity contribution in [3.8, 4) is 5.75 Å². The van der Waals surface area contributed by atoms with E-state index in [1.807, 2.05) is 47.0 Å². The average Bonchev–Trinajstić information content (AvgIpc) is 3.07. The summed E-state index contributed by atoms with van der Waals surface area (Å²) in [6.07, 6.45) is 3.69. The molecule has 1 amide bonds. The van der Waals surface area contributed by atoms with E-state index in [2.05, 4.69) is 52.3 Å². The molecule has 2 N–H and O–H groups in total. The van der Waals surface area contributed by atoms with Crippen molar-refractivity contribution in [1.29, 1.82) is 0 Å². The molecule has 0 bridgehead atoms. The van der Waals surface area contributed by atoms with E-state index in [4.69, 9.17) is 0 Å². The molecule has 0 aliphatic rings. The third-order valence-electron chi connectivity index (χ3n) is 4.83. The van der Waals surface area contributed by atoms with Crippen LogP contribution >= 0.6 is 22.6 Å². The van der Waals surface area contributed by atoms with Crippen molar-refractivity contribution in [2.24, 2.45) is 5.10 Å². The zero-order chi connectivity index (χ0) is 21.1. The number of carbonyl (C=O) groups excluding carboxylic acids is 1. The second kappa shape index (κ2) is 8.71. The molecule has 0 aliphatic carbocycles. The van der Waals surface area contributed by atoms with Gasteiger partial charge in [-0.2, -0.15) is 5.10 Å². The van der Waals surface area contributed by atoms with E-state index in [9.17, 15) is 9.90 Å². The average molecular weight is 509 g/mol. The first kappa shape index (κ1) is 20.2. The van der Waals surface area contributed by atoms with Gasteiger partial charge in [-0.25, -0.2) is 5.43 Å². The maximum absolute atomic E-state index is 12.3. The van der Waals surface area contributed by atoms with Crippen LogP contribution in [0.2, 0.25) is 0 Å². The fraction of sp³-hybridized carbons (Fsp3) is 0.0833. The highest BCUT2D eigenvalue weighted by Gasteiger charge is 2.09. The first-order valence-corrected chi connectivity index (χ1v) is 10.5. The molecule has 0 saturated carbocycles. The Morgan fingerprint density at radius 1 is 1.13 bits per heavy atom. The normalized spacial score (nSPS) is 11.3. The second-order valence-electron chi connectivity index (χ2n) is 7.08. The van der Waals surface area contributed by atoms with E-state index < -0.39 is 0 Å². The summed E-state index contributed by atoms with van der Waals surface area (Å²) in [6.45, 7) is 2.84. The fourth-order valence-corrected chi connectivity index (χ4v) is 3.73. The number of nitrogens with zero attached hydrogens (tertiary/aromatic N) is 2. The number of aromatic hydroxyl groups is 1. The van der Waals surface area contributed by atoms with Gasteiger partial charge in [-0.1, -0.05) is 48.0 Å². The minimum absolute atomic E-state index is 0.0754. The molecule has 150 valence electrons. The van der Waals surface area contributed by atoms with Gasteiger partial charge in [0.2, 0.25) is 0 Å². The molecule has 0 atom stereocenters. The second-order valence-corrected chi connectivity index (χ2v) is 8.25. The van der Waals surface area contributed by atoms with Crippen molar-refractivity contribution in [2.75, 3.05) is 0 Å². The van der Waals surface area contributed by atoms with E-state index in [0.717, 1.165) is 23.0 Å². The van der Waals surface area contributed by atoms with Gasteiger partial charge < -0.3 is 9.67 Å². The van der Waals surface area contributed by atoms with Crippen molar-refractivity contribution in [1.82, 2.24) is 9.99 Å². The highest BCUT2D eigenvalue weighted by molar-refractivity contribution is 14.1. The lowest BCUT2D eigenvalue weighted by atomic mass is 10.1. The van der Waals surface area contributed by atoms with Crippen molar-refractivity contribution in [3.05, 3.63) is 98.8 Å². The van der Waals surface area contributed by atoms with Gasteiger partial charge in [0.1, 0.15) is 5.75 Å². The zero-order valence-electron chi connectivity index (χ0n) is 16.3. The monoisotopic (exact) mass is 509 g/mol. The number of hydrogen-bond acceptors (Lipinski definition) is 3. The Hall–Kier alpha value is -3.13. The topological polar surface area (TPSA) is 66.6 Å². The third-order valence-corrected chi connectivity index (χ3v) is 5.75. The third kappa shape index (κ3) is 4.38. The number of hydrazone groups is 1. The Morgan fingerprint density at radius 3 is 2.77 bits per heavy atom. The number of para-hydroxylation sites is 1. The molecule has 5 nitrogen and oxygen atoms in total. The number of phenols is 1. The summed E-state index contributed by atoms with van der Waals surface area (Å²) in [6, 6.07) is 21.4. The lowest BCUT2D eigenvalue weighted by Crippen LogP contribution is -2.17. The van der Waals surface area contributed by atoms with Gasteiger partial charge in [0.05, 0.1) is 9.78 Å². The van der Waals surface area contributed by atoms with Gasteiger partial charge in [0.15, 0.2) is 0 Å². The quantitative estimate of drug-likeness (QED) is 0.224. The Balaban J connectivity index is 1.56. The van der Waals surface area contributed by atoms with Gasteiger partial charge in [0, 0.05) is 34.8 Å². The SMILES string of the molecule is Cc1cccc(Cn2cc(/C=N\NC(=O)c3ccc(I)c(O)c3)c3ccccc32)c1. The predicted molar refractivity (Wildman–Crippen MR) is 128 cm³/mol. The number of halogens is 1. The summed E-state index contributed by atoms with van der Waals surface area (Å²) in [4.78, 5) is 12.3. The molecule has 0 aliphatic heterocycles. The van der Waals surface area contributed by atoms with Crippen LogP contribution in [0.25, 0.3) is 10.9 Å². The van der Waals surface area contributed by atoms with Crippen LogP contribution in [0, 0.1) is 10.5 Å². The molecule has 1 heterocycles. The lowest BCUT2D eigenvalue weighted by Gasteiger charge is -2.06. The summed E-state index contributed by atoms with van der Waals surface area (Å²) < 4.78 is 2.87. The minimum Gasteiger partial charge on any atom is -0.507 e. The number of rotatable bonds is 5. The number of aromatic nitrogens is 1. The number of fused-ring (bicyclic) bond motifs is 1. The summed E-state index contributed by atoms with van der Waals surface area (Å²) in [5.41, 5.74) is 7.37. The molecule has 30 heavy (non-hydrogen) atoms. The standard InChI is InChI=1S/C24H20IN3O2/c1-16-5-4-6-17(11-16)14-28-15-19(20-7-2-3-8-22(20)28)13-26-27-24(30)18-9-10-21(25)23(29)12-18/h2-13,15,29H,14H2,1H3,(H,27,30)/b26-13-. The van der Waals surface area contributed by atoms with Gasteiger partial charge >= 0.3 is 0 Å². The largest absolute Gasteiger partial charge is 0.507 e. The van der Waals surface area contributed by atoms with Crippen LogP contribution in [0.3, 0.4) is 0 Å². The number of aryl methyl sites for hydroxylation is 1. The lowest BCUT2D eigenvalue weighted by molar-refractivity contribution is 0.0954. The van der Waals surface area contributed by atoms with E-state index in [0.29, 0.717) is 9.13 Å². The predicted octanol–water partition coefficient (Wildman–Crippen LogP) is 5.07. The Bertz CT molecular complexity index is 1260. The number of benzene rings is 3. The number of amides is 1. The summed E-state index contributed by atoms with van der Waals surface area (Å²) >= 11 is 2.01. The highest BCUT2D eigenvalue weighted by atomic mass is 127. The van der Waals surface area contributed by atoms with Gasteiger partial charge in [-0.15, -0.1) is 0 Å². The number of phenolic OH excluding ortho intramolecular Hbond substituents is 1. The number of hydrogen-bond donors (Lipinski definition) is 2. The van der Waals surface area contributed by atoms with Crippen LogP contribution in [0.15, 0.2) is 78.0 Å². The fourth-order valence-electron chi connectivity index (χ4n) is 3.39. The molecule has 0 radical (unpaired) electrons. The maximum atomic E-state index is 12.3. The van der Waals surface area contributed by atoms with Crippen molar-refractivity contribution in [2.45, 2.75) is 13.5 Å². The molecular weight excluding hydrogens is 489 g/mol. The highest BCUT2D eigenvalue weighted by Crippen LogP contribution is 2.22. The Labute approximate surface area is 188 Å². The maximum Gasteiger partial charge on any atom is 0.271 e. The Morgan fingerprint density at radius 2 is 1.97 bits per heavy atom. The van der Waals surface area contributed by atoms with Crippen molar-refractivity contribution < 1.29 is 9.90 Å². The molecule has 1 aromatic heterocycles. The van der Waals surface area contributed by atoms with Crippen LogP contribution in [-0.2, 0) is 6.54 Å².